The van der Waals surface area contributed by atoms with E-state index in [4.69, 9.17) is 0 Å². The van der Waals surface area contributed by atoms with Crippen LogP contribution in [0.2, 0.25) is 0 Å². The van der Waals surface area contributed by atoms with Gasteiger partial charge in [0.25, 0.3) is 5.91 Å². The van der Waals surface area contributed by atoms with E-state index in [-0.39, 0.29) is 16.6 Å². The standard InChI is InChI=1S/C21H22FN3O3S/c1-14-12-20(15(2)25(14)18-10-8-16(22)9-11-18)21(26)23-17-6-5-7-19(13-17)29(27,28)24(3)4/h5-13H,1-4H3,(H,23,26). The number of amides is 1. The van der Waals surface area contributed by atoms with Gasteiger partial charge in [0.05, 0.1) is 10.5 Å². The maximum atomic E-state index is 13.2. The van der Waals surface area contributed by atoms with E-state index in [9.17, 15) is 17.6 Å². The van der Waals surface area contributed by atoms with Crippen LogP contribution in [0.1, 0.15) is 21.7 Å². The van der Waals surface area contributed by atoms with Crippen molar-refractivity contribution in [2.45, 2.75) is 18.7 Å². The number of aryl methyl sites for hydroxylation is 1. The van der Waals surface area contributed by atoms with Crippen molar-refractivity contribution in [1.82, 2.24) is 8.87 Å². The lowest BCUT2D eigenvalue weighted by atomic mass is 10.2. The molecule has 0 radical (unpaired) electrons. The van der Waals surface area contributed by atoms with Gasteiger partial charge in [0.1, 0.15) is 5.82 Å². The Balaban J connectivity index is 1.91. The van der Waals surface area contributed by atoms with Crippen molar-refractivity contribution < 1.29 is 17.6 Å². The molecular formula is C21H22FN3O3S. The first kappa shape index (κ1) is 20.8. The number of nitrogens with one attached hydrogen (secondary N) is 1. The number of hydrogen-bond acceptors (Lipinski definition) is 3. The molecule has 0 spiro atoms. The molecule has 0 aliphatic heterocycles. The molecule has 3 aromatic rings. The summed E-state index contributed by atoms with van der Waals surface area (Å²) in [4.78, 5) is 12.9. The Hall–Kier alpha value is -2.97. The first-order valence-corrected chi connectivity index (χ1v) is 10.3. The number of rotatable bonds is 5. The van der Waals surface area contributed by atoms with Crippen LogP contribution in [0, 0.1) is 19.7 Å². The van der Waals surface area contributed by atoms with Crippen molar-refractivity contribution in [3.05, 3.63) is 77.4 Å². The maximum absolute atomic E-state index is 13.2. The Bertz CT molecular complexity index is 1170. The average Bonchev–Trinajstić information content (AvgIpc) is 2.97. The Morgan fingerprint density at radius 2 is 1.69 bits per heavy atom. The number of sulfonamides is 1. The van der Waals surface area contributed by atoms with Gasteiger partial charge in [0.15, 0.2) is 0 Å². The van der Waals surface area contributed by atoms with E-state index in [0.717, 1.165) is 15.7 Å². The molecule has 0 aliphatic carbocycles. The first-order chi connectivity index (χ1) is 13.6. The van der Waals surface area contributed by atoms with Gasteiger partial charge < -0.3 is 9.88 Å². The van der Waals surface area contributed by atoms with Crippen LogP contribution in [0.5, 0.6) is 0 Å². The lowest BCUT2D eigenvalue weighted by molar-refractivity contribution is 0.102. The fourth-order valence-electron chi connectivity index (χ4n) is 3.12. The zero-order chi connectivity index (χ0) is 21.3. The van der Waals surface area contributed by atoms with Gasteiger partial charge in [-0.25, -0.2) is 17.1 Å². The number of benzene rings is 2. The summed E-state index contributed by atoms with van der Waals surface area (Å²) in [5, 5.41) is 2.76. The van der Waals surface area contributed by atoms with Gasteiger partial charge in [0, 0.05) is 36.9 Å². The molecule has 0 aliphatic rings. The lowest BCUT2D eigenvalue weighted by Gasteiger charge is -2.13. The molecule has 0 saturated carbocycles. The molecule has 6 nitrogen and oxygen atoms in total. The minimum atomic E-state index is -3.60. The summed E-state index contributed by atoms with van der Waals surface area (Å²) >= 11 is 0. The Morgan fingerprint density at radius 1 is 1.03 bits per heavy atom. The van der Waals surface area contributed by atoms with E-state index in [0.29, 0.717) is 16.9 Å². The van der Waals surface area contributed by atoms with E-state index >= 15 is 0 Å². The van der Waals surface area contributed by atoms with Crippen LogP contribution in [-0.4, -0.2) is 37.3 Å². The fourth-order valence-corrected chi connectivity index (χ4v) is 4.07. The van der Waals surface area contributed by atoms with Crippen LogP contribution in [0.4, 0.5) is 10.1 Å². The highest BCUT2D eigenvalue weighted by molar-refractivity contribution is 7.89. The molecule has 8 heteroatoms. The summed E-state index contributed by atoms with van der Waals surface area (Å²) in [5.41, 5.74) is 3.10. The van der Waals surface area contributed by atoms with Crippen molar-refractivity contribution in [2.24, 2.45) is 0 Å². The molecule has 0 unspecified atom stereocenters. The highest BCUT2D eigenvalue weighted by Gasteiger charge is 2.20. The third-order valence-corrected chi connectivity index (χ3v) is 6.44. The molecule has 29 heavy (non-hydrogen) atoms. The number of carbonyl (C=O) groups excluding carboxylic acids is 1. The van der Waals surface area contributed by atoms with Crippen LogP contribution >= 0.6 is 0 Å². The normalized spacial score (nSPS) is 11.7. The molecule has 1 amide bonds. The molecule has 3 rings (SSSR count). The van der Waals surface area contributed by atoms with Gasteiger partial charge in [-0.15, -0.1) is 0 Å². The molecule has 0 atom stereocenters. The molecule has 2 aromatic carbocycles. The first-order valence-electron chi connectivity index (χ1n) is 8.90. The van der Waals surface area contributed by atoms with Gasteiger partial charge in [0.2, 0.25) is 10.0 Å². The van der Waals surface area contributed by atoms with Crippen LogP contribution in [0.15, 0.2) is 59.5 Å². The van der Waals surface area contributed by atoms with Gasteiger partial charge in [-0.1, -0.05) is 6.07 Å². The van der Waals surface area contributed by atoms with Crippen LogP contribution in [0.25, 0.3) is 5.69 Å². The summed E-state index contributed by atoms with van der Waals surface area (Å²) in [7, 11) is -0.704. The highest BCUT2D eigenvalue weighted by atomic mass is 32.2. The summed E-state index contributed by atoms with van der Waals surface area (Å²) in [6, 6.07) is 13.9. The Labute approximate surface area is 169 Å². The number of aromatic nitrogens is 1. The predicted molar refractivity (Wildman–Crippen MR) is 110 cm³/mol. The zero-order valence-corrected chi connectivity index (χ0v) is 17.4. The van der Waals surface area contributed by atoms with Gasteiger partial charge >= 0.3 is 0 Å². The molecule has 152 valence electrons. The minimum Gasteiger partial charge on any atom is -0.322 e. The quantitative estimate of drug-likeness (QED) is 0.690. The van der Waals surface area contributed by atoms with Crippen molar-refractivity contribution >= 4 is 21.6 Å². The average molecular weight is 415 g/mol. The van der Waals surface area contributed by atoms with Crippen LogP contribution < -0.4 is 5.32 Å². The second-order valence-corrected chi connectivity index (χ2v) is 9.02. The predicted octanol–water partition coefficient (Wildman–Crippen LogP) is 3.74. The second-order valence-electron chi connectivity index (χ2n) is 6.87. The Kier molecular flexibility index (Phi) is 5.59. The lowest BCUT2D eigenvalue weighted by Crippen LogP contribution is -2.22. The van der Waals surface area contributed by atoms with Gasteiger partial charge in [-0.05, 0) is 62.4 Å². The molecule has 0 fully saturated rings. The van der Waals surface area contributed by atoms with Crippen LogP contribution in [0.3, 0.4) is 0 Å². The SMILES string of the molecule is Cc1cc(C(=O)Nc2cccc(S(=O)(=O)N(C)C)c2)c(C)n1-c1ccc(F)cc1. The molecule has 1 heterocycles. The number of nitrogens with zero attached hydrogens (tertiary/aromatic N) is 2. The fraction of sp³-hybridized carbons (Fsp3) is 0.190. The van der Waals surface area contributed by atoms with Gasteiger partial charge in [-0.3, -0.25) is 4.79 Å². The summed E-state index contributed by atoms with van der Waals surface area (Å²) in [5.74, 6) is -0.687. The minimum absolute atomic E-state index is 0.0945. The Morgan fingerprint density at radius 3 is 2.31 bits per heavy atom. The van der Waals surface area contributed by atoms with E-state index in [2.05, 4.69) is 5.32 Å². The number of anilines is 1. The van der Waals surface area contributed by atoms with E-state index in [1.165, 1.54) is 38.4 Å². The van der Waals surface area contributed by atoms with Crippen molar-refractivity contribution in [3.63, 3.8) is 0 Å². The second kappa shape index (κ2) is 7.81. The van der Waals surface area contributed by atoms with E-state index < -0.39 is 10.0 Å². The van der Waals surface area contributed by atoms with Crippen molar-refractivity contribution in [1.29, 1.82) is 0 Å². The highest BCUT2D eigenvalue weighted by Crippen LogP contribution is 2.23. The molecule has 0 bridgehead atoms. The number of carbonyl (C=O) groups is 1. The van der Waals surface area contributed by atoms with Gasteiger partial charge in [-0.2, -0.15) is 0 Å². The maximum Gasteiger partial charge on any atom is 0.257 e. The summed E-state index contributed by atoms with van der Waals surface area (Å²) in [6.07, 6.45) is 0. The number of hydrogen-bond donors (Lipinski definition) is 1. The largest absolute Gasteiger partial charge is 0.322 e. The van der Waals surface area contributed by atoms with Crippen molar-refractivity contribution in [2.75, 3.05) is 19.4 Å². The zero-order valence-electron chi connectivity index (χ0n) is 16.6. The summed E-state index contributed by atoms with van der Waals surface area (Å²) in [6.45, 7) is 3.66. The van der Waals surface area contributed by atoms with E-state index in [1.807, 2.05) is 11.5 Å². The van der Waals surface area contributed by atoms with Crippen molar-refractivity contribution in [3.8, 4) is 5.69 Å². The smallest absolute Gasteiger partial charge is 0.257 e. The monoisotopic (exact) mass is 415 g/mol. The third kappa shape index (κ3) is 4.08. The topological polar surface area (TPSA) is 71.4 Å². The molecule has 1 N–H and O–H groups in total. The van der Waals surface area contributed by atoms with E-state index in [1.54, 1.807) is 37.3 Å². The number of halogens is 1. The molecule has 0 saturated heterocycles. The molecular weight excluding hydrogens is 393 g/mol. The molecule has 1 aromatic heterocycles. The third-order valence-electron chi connectivity index (χ3n) is 4.63. The van der Waals surface area contributed by atoms with Crippen LogP contribution in [-0.2, 0) is 10.0 Å². The summed E-state index contributed by atoms with van der Waals surface area (Å²) < 4.78 is 40.8.